The molecule has 1 unspecified atom stereocenters. The van der Waals surface area contributed by atoms with Gasteiger partial charge in [0, 0.05) is 18.0 Å². The smallest absolute Gasteiger partial charge is 0.105 e. The highest BCUT2D eigenvalue weighted by Gasteiger charge is 2.16. The fourth-order valence-corrected chi connectivity index (χ4v) is 1.93. The number of hydrogen-bond donors (Lipinski definition) is 1. The summed E-state index contributed by atoms with van der Waals surface area (Å²) in [4.78, 5) is 4.22. The fourth-order valence-electron chi connectivity index (χ4n) is 1.93. The number of hydrogen-bond acceptors (Lipinski definition) is 3. The fraction of sp³-hybridized carbons (Fsp3) is 0.308. The zero-order valence-corrected chi connectivity index (χ0v) is 9.82. The van der Waals surface area contributed by atoms with Crippen molar-refractivity contribution in [1.29, 1.82) is 0 Å². The number of furan rings is 1. The van der Waals surface area contributed by atoms with E-state index in [0.29, 0.717) is 0 Å². The molecule has 0 amide bonds. The molecule has 84 valence electrons. The number of aromatic nitrogens is 1. The Kier molecular flexibility index (Phi) is 3.06. The normalized spacial score (nSPS) is 12.7. The van der Waals surface area contributed by atoms with Gasteiger partial charge in [0.05, 0.1) is 12.3 Å². The Hall–Kier alpha value is -1.61. The van der Waals surface area contributed by atoms with Crippen LogP contribution in [0.25, 0.3) is 0 Å². The summed E-state index contributed by atoms with van der Waals surface area (Å²) in [7, 11) is 1.94. The molecule has 0 fully saturated rings. The lowest BCUT2D eigenvalue weighted by Gasteiger charge is -2.16. The zero-order chi connectivity index (χ0) is 11.5. The Bertz CT molecular complexity index is 476. The average molecular weight is 216 g/mol. The first kappa shape index (κ1) is 10.9. The summed E-state index contributed by atoms with van der Waals surface area (Å²) in [6, 6.07) is 4.28. The highest BCUT2D eigenvalue weighted by Crippen LogP contribution is 2.25. The van der Waals surface area contributed by atoms with Gasteiger partial charge in [0.1, 0.15) is 5.76 Å². The van der Waals surface area contributed by atoms with Crippen molar-refractivity contribution in [1.82, 2.24) is 10.3 Å². The Labute approximate surface area is 95.5 Å². The maximum Gasteiger partial charge on any atom is 0.105 e. The van der Waals surface area contributed by atoms with Crippen LogP contribution < -0.4 is 5.32 Å². The van der Waals surface area contributed by atoms with Crippen LogP contribution in [0.3, 0.4) is 0 Å². The molecule has 16 heavy (non-hydrogen) atoms. The Morgan fingerprint density at radius 2 is 2.12 bits per heavy atom. The molecule has 0 aliphatic heterocycles. The van der Waals surface area contributed by atoms with Crippen molar-refractivity contribution in [2.45, 2.75) is 19.9 Å². The third kappa shape index (κ3) is 1.99. The van der Waals surface area contributed by atoms with Gasteiger partial charge in [-0.2, -0.15) is 0 Å². The van der Waals surface area contributed by atoms with E-state index in [1.165, 1.54) is 5.56 Å². The molecule has 2 heterocycles. The SMILES string of the molecule is CNC(c1cncc(C)c1)c1ccoc1C. The number of pyridine rings is 1. The van der Waals surface area contributed by atoms with E-state index in [1.54, 1.807) is 6.26 Å². The minimum atomic E-state index is 0.145. The molecule has 0 radical (unpaired) electrons. The van der Waals surface area contributed by atoms with Gasteiger partial charge in [0.25, 0.3) is 0 Å². The Balaban J connectivity index is 2.40. The number of nitrogens with one attached hydrogen (secondary N) is 1. The predicted molar refractivity (Wildman–Crippen MR) is 63.3 cm³/mol. The topological polar surface area (TPSA) is 38.1 Å². The maximum atomic E-state index is 5.34. The van der Waals surface area contributed by atoms with Crippen molar-refractivity contribution in [3.8, 4) is 0 Å². The van der Waals surface area contributed by atoms with Gasteiger partial charge in [-0.15, -0.1) is 0 Å². The van der Waals surface area contributed by atoms with Crippen molar-refractivity contribution >= 4 is 0 Å². The van der Waals surface area contributed by atoms with E-state index in [1.807, 2.05) is 39.4 Å². The summed E-state index contributed by atoms with van der Waals surface area (Å²) in [5, 5.41) is 3.29. The molecule has 0 aromatic carbocycles. The van der Waals surface area contributed by atoms with E-state index >= 15 is 0 Å². The summed E-state index contributed by atoms with van der Waals surface area (Å²) in [6.45, 7) is 4.02. The second-order valence-corrected chi connectivity index (χ2v) is 3.95. The Morgan fingerprint density at radius 3 is 2.69 bits per heavy atom. The van der Waals surface area contributed by atoms with Crippen molar-refractivity contribution in [3.05, 3.63) is 53.2 Å². The van der Waals surface area contributed by atoms with Crippen LogP contribution in [0.15, 0.2) is 35.2 Å². The van der Waals surface area contributed by atoms with Crippen molar-refractivity contribution in [3.63, 3.8) is 0 Å². The van der Waals surface area contributed by atoms with Gasteiger partial charge >= 0.3 is 0 Å². The molecular formula is C13H16N2O. The molecule has 2 rings (SSSR count). The lowest BCUT2D eigenvalue weighted by atomic mass is 10.0. The molecule has 1 atom stereocenters. The minimum Gasteiger partial charge on any atom is -0.469 e. The highest BCUT2D eigenvalue weighted by atomic mass is 16.3. The van der Waals surface area contributed by atoms with E-state index in [4.69, 9.17) is 4.42 Å². The van der Waals surface area contributed by atoms with E-state index in [-0.39, 0.29) is 6.04 Å². The molecule has 0 saturated carbocycles. The lowest BCUT2D eigenvalue weighted by molar-refractivity contribution is 0.523. The van der Waals surface area contributed by atoms with Crippen LogP contribution in [0.2, 0.25) is 0 Å². The van der Waals surface area contributed by atoms with Crippen molar-refractivity contribution < 1.29 is 4.42 Å². The van der Waals surface area contributed by atoms with Crippen LogP contribution in [0, 0.1) is 13.8 Å². The predicted octanol–water partition coefficient (Wildman–Crippen LogP) is 2.60. The van der Waals surface area contributed by atoms with Crippen LogP contribution in [0.1, 0.15) is 28.5 Å². The van der Waals surface area contributed by atoms with E-state index < -0.39 is 0 Å². The molecule has 0 aliphatic carbocycles. The van der Waals surface area contributed by atoms with Crippen LogP contribution in [-0.4, -0.2) is 12.0 Å². The first-order valence-corrected chi connectivity index (χ1v) is 5.35. The zero-order valence-electron chi connectivity index (χ0n) is 9.82. The first-order valence-electron chi connectivity index (χ1n) is 5.35. The highest BCUT2D eigenvalue weighted by molar-refractivity contribution is 5.32. The van der Waals surface area contributed by atoms with Crippen LogP contribution >= 0.6 is 0 Å². The molecule has 0 saturated heterocycles. The summed E-state index contributed by atoms with van der Waals surface area (Å²) < 4.78 is 5.34. The molecular weight excluding hydrogens is 200 g/mol. The van der Waals surface area contributed by atoms with Crippen molar-refractivity contribution in [2.24, 2.45) is 0 Å². The largest absolute Gasteiger partial charge is 0.469 e. The molecule has 2 aromatic rings. The number of nitrogens with zero attached hydrogens (tertiary/aromatic N) is 1. The van der Waals surface area contributed by atoms with Gasteiger partial charge in [0.2, 0.25) is 0 Å². The summed E-state index contributed by atoms with van der Waals surface area (Å²) >= 11 is 0. The molecule has 0 bridgehead atoms. The summed E-state index contributed by atoms with van der Waals surface area (Å²) in [6.07, 6.45) is 5.47. The van der Waals surface area contributed by atoms with Gasteiger partial charge in [-0.25, -0.2) is 0 Å². The van der Waals surface area contributed by atoms with Gasteiger partial charge in [-0.05, 0) is 38.1 Å². The standard InChI is InChI=1S/C13H16N2O/c1-9-6-11(8-15-7-9)13(14-3)12-4-5-16-10(12)2/h4-8,13-14H,1-3H3. The van der Waals surface area contributed by atoms with Crippen LogP contribution in [0.5, 0.6) is 0 Å². The molecule has 1 N–H and O–H groups in total. The van der Waals surface area contributed by atoms with Gasteiger partial charge < -0.3 is 9.73 Å². The van der Waals surface area contributed by atoms with Crippen molar-refractivity contribution in [2.75, 3.05) is 7.05 Å². The summed E-state index contributed by atoms with van der Waals surface area (Å²) in [5.41, 5.74) is 3.49. The van der Waals surface area contributed by atoms with Gasteiger partial charge in [0.15, 0.2) is 0 Å². The second-order valence-electron chi connectivity index (χ2n) is 3.95. The molecule has 2 aromatic heterocycles. The Morgan fingerprint density at radius 1 is 1.31 bits per heavy atom. The lowest BCUT2D eigenvalue weighted by Crippen LogP contribution is -2.18. The van der Waals surface area contributed by atoms with Gasteiger partial charge in [-0.3, -0.25) is 4.98 Å². The number of aryl methyl sites for hydroxylation is 2. The molecule has 0 aliphatic rings. The van der Waals surface area contributed by atoms with Crippen LogP contribution in [0.4, 0.5) is 0 Å². The quantitative estimate of drug-likeness (QED) is 0.857. The van der Waals surface area contributed by atoms with E-state index in [2.05, 4.69) is 16.4 Å². The number of rotatable bonds is 3. The molecule has 3 heteroatoms. The maximum absolute atomic E-state index is 5.34. The monoisotopic (exact) mass is 216 g/mol. The van der Waals surface area contributed by atoms with E-state index in [0.717, 1.165) is 16.9 Å². The van der Waals surface area contributed by atoms with E-state index in [9.17, 15) is 0 Å². The van der Waals surface area contributed by atoms with Gasteiger partial charge in [-0.1, -0.05) is 6.07 Å². The second kappa shape index (κ2) is 4.49. The molecule has 3 nitrogen and oxygen atoms in total. The third-order valence-corrected chi connectivity index (χ3v) is 2.73. The third-order valence-electron chi connectivity index (χ3n) is 2.73. The minimum absolute atomic E-state index is 0.145. The average Bonchev–Trinajstić information content (AvgIpc) is 2.67. The summed E-state index contributed by atoms with van der Waals surface area (Å²) in [5.74, 6) is 0.945. The first-order chi connectivity index (χ1) is 7.72. The van der Waals surface area contributed by atoms with Crippen LogP contribution in [-0.2, 0) is 0 Å². The molecule has 0 spiro atoms.